The predicted molar refractivity (Wildman–Crippen MR) is 112 cm³/mol. The van der Waals surface area contributed by atoms with E-state index in [0.29, 0.717) is 0 Å². The number of nitrogens with one attached hydrogen (secondary N) is 1. The molecule has 1 N–H and O–H groups in total. The van der Waals surface area contributed by atoms with Gasteiger partial charge >= 0.3 is 0 Å². The molecule has 0 saturated heterocycles. The lowest BCUT2D eigenvalue weighted by atomic mass is 10.2. The predicted octanol–water partition coefficient (Wildman–Crippen LogP) is 3.49. The molecule has 0 fully saturated rings. The average molecular weight is 419 g/mol. The second kappa shape index (κ2) is 10.8. The van der Waals surface area contributed by atoms with Crippen LogP contribution >= 0.6 is 15.9 Å². The average Bonchev–Trinajstić information content (AvgIpc) is 2.64. The van der Waals surface area contributed by atoms with Crippen molar-refractivity contribution in [2.45, 2.75) is 32.9 Å². The number of pyridine rings is 1. The molecule has 0 spiro atoms. The van der Waals surface area contributed by atoms with Crippen molar-refractivity contribution in [1.29, 1.82) is 0 Å². The summed E-state index contributed by atoms with van der Waals surface area (Å²) in [5, 5.41) is 3.34. The minimum Gasteiger partial charge on any atom is -0.357 e. The van der Waals surface area contributed by atoms with Gasteiger partial charge in [0.2, 0.25) is 5.56 Å². The Morgan fingerprint density at radius 1 is 1.19 bits per heavy atom. The van der Waals surface area contributed by atoms with Crippen molar-refractivity contribution >= 4 is 21.9 Å². The van der Waals surface area contributed by atoms with Crippen LogP contribution < -0.4 is 10.9 Å². The maximum atomic E-state index is 11.7. The van der Waals surface area contributed by atoms with Crippen molar-refractivity contribution in [2.24, 2.45) is 4.99 Å². The molecule has 26 heavy (non-hydrogen) atoms. The molecule has 5 nitrogen and oxygen atoms in total. The number of aromatic nitrogens is 1. The lowest BCUT2D eigenvalue weighted by molar-refractivity contribution is 0.475. The third kappa shape index (κ3) is 6.67. The summed E-state index contributed by atoms with van der Waals surface area (Å²) in [6, 6.07) is 13.6. The fourth-order valence-electron chi connectivity index (χ4n) is 2.63. The van der Waals surface area contributed by atoms with E-state index in [4.69, 9.17) is 4.99 Å². The van der Waals surface area contributed by atoms with Crippen LogP contribution in [0.2, 0.25) is 0 Å². The molecule has 0 aliphatic carbocycles. The topological polar surface area (TPSA) is 49.6 Å². The SMILES string of the molecule is CCNC(=NCCCCn1ccccc1=O)N(C)Cc1ccc(Br)cc1. The molecule has 0 atom stereocenters. The van der Waals surface area contributed by atoms with Crippen LogP contribution in [0.3, 0.4) is 0 Å². The first-order valence-corrected chi connectivity index (χ1v) is 9.79. The first-order valence-electron chi connectivity index (χ1n) is 8.99. The van der Waals surface area contributed by atoms with Gasteiger partial charge < -0.3 is 14.8 Å². The van der Waals surface area contributed by atoms with Gasteiger partial charge in [0.25, 0.3) is 0 Å². The van der Waals surface area contributed by atoms with Gasteiger partial charge in [-0.15, -0.1) is 0 Å². The van der Waals surface area contributed by atoms with Crippen molar-refractivity contribution in [1.82, 2.24) is 14.8 Å². The zero-order valence-electron chi connectivity index (χ0n) is 15.5. The molecular formula is C20H27BrN4O. The molecule has 0 unspecified atom stereocenters. The van der Waals surface area contributed by atoms with Crippen molar-refractivity contribution in [2.75, 3.05) is 20.1 Å². The summed E-state index contributed by atoms with van der Waals surface area (Å²) in [6.45, 7) is 5.20. The summed E-state index contributed by atoms with van der Waals surface area (Å²) in [7, 11) is 2.05. The molecule has 0 aliphatic heterocycles. The molecule has 0 bridgehead atoms. The molecule has 1 aromatic heterocycles. The van der Waals surface area contributed by atoms with Gasteiger partial charge in [0, 0.05) is 50.0 Å². The molecule has 1 aromatic carbocycles. The molecule has 2 rings (SSSR count). The highest BCUT2D eigenvalue weighted by atomic mass is 79.9. The van der Waals surface area contributed by atoms with E-state index in [1.54, 1.807) is 16.7 Å². The Morgan fingerprint density at radius 2 is 1.96 bits per heavy atom. The fraction of sp³-hybridized carbons (Fsp3) is 0.400. The highest BCUT2D eigenvalue weighted by Gasteiger charge is 2.06. The molecule has 1 heterocycles. The number of nitrogens with zero attached hydrogens (tertiary/aromatic N) is 3. The summed E-state index contributed by atoms with van der Waals surface area (Å²) < 4.78 is 2.83. The molecule has 2 aromatic rings. The molecule has 0 saturated carbocycles. The van der Waals surface area contributed by atoms with Crippen LogP contribution in [0.15, 0.2) is 62.9 Å². The summed E-state index contributed by atoms with van der Waals surface area (Å²) in [6.07, 6.45) is 3.72. The smallest absolute Gasteiger partial charge is 0.250 e. The number of rotatable bonds is 8. The van der Waals surface area contributed by atoms with Crippen LogP contribution in [0.1, 0.15) is 25.3 Å². The number of guanidine groups is 1. The van der Waals surface area contributed by atoms with Gasteiger partial charge in [0.05, 0.1) is 0 Å². The van der Waals surface area contributed by atoms with E-state index in [-0.39, 0.29) is 5.56 Å². The standard InChI is InChI=1S/C20H27BrN4O/c1-3-22-20(24(2)16-17-9-11-18(21)12-10-17)23-13-5-7-15-25-14-6-4-8-19(25)26/h4,6,8-12,14H,3,5,7,13,15-16H2,1-2H3,(H,22,23). The number of benzene rings is 1. The highest BCUT2D eigenvalue weighted by molar-refractivity contribution is 9.10. The van der Waals surface area contributed by atoms with Gasteiger partial charge in [0.1, 0.15) is 0 Å². The quantitative estimate of drug-likeness (QED) is 0.405. The minimum absolute atomic E-state index is 0.0542. The largest absolute Gasteiger partial charge is 0.357 e. The normalized spacial score (nSPS) is 11.4. The van der Waals surface area contributed by atoms with E-state index >= 15 is 0 Å². The second-order valence-corrected chi connectivity index (χ2v) is 7.07. The van der Waals surface area contributed by atoms with Crippen molar-refractivity contribution < 1.29 is 0 Å². The summed E-state index contributed by atoms with van der Waals surface area (Å²) in [4.78, 5) is 18.5. The molecule has 0 radical (unpaired) electrons. The van der Waals surface area contributed by atoms with E-state index in [1.165, 1.54) is 5.56 Å². The van der Waals surface area contributed by atoms with Gasteiger partial charge in [0.15, 0.2) is 5.96 Å². The lowest BCUT2D eigenvalue weighted by Gasteiger charge is -2.22. The number of aryl methyl sites for hydroxylation is 1. The van der Waals surface area contributed by atoms with E-state index in [0.717, 1.165) is 49.5 Å². The van der Waals surface area contributed by atoms with Crippen molar-refractivity contribution in [3.05, 3.63) is 69.1 Å². The van der Waals surface area contributed by atoms with Gasteiger partial charge in [-0.1, -0.05) is 34.1 Å². The van der Waals surface area contributed by atoms with Crippen LogP contribution in [0, 0.1) is 0 Å². The Bertz CT molecular complexity index is 755. The zero-order chi connectivity index (χ0) is 18.8. The number of halogens is 1. The van der Waals surface area contributed by atoms with Crippen LogP contribution in [-0.2, 0) is 13.1 Å². The minimum atomic E-state index is 0.0542. The fourth-order valence-corrected chi connectivity index (χ4v) is 2.90. The lowest BCUT2D eigenvalue weighted by Crippen LogP contribution is -2.38. The Morgan fingerprint density at radius 3 is 2.65 bits per heavy atom. The van der Waals surface area contributed by atoms with Crippen LogP contribution in [0.5, 0.6) is 0 Å². The molecule has 6 heteroatoms. The first-order chi connectivity index (χ1) is 12.6. The van der Waals surface area contributed by atoms with Crippen LogP contribution in [0.4, 0.5) is 0 Å². The number of aliphatic imine (C=N–C) groups is 1. The number of unbranched alkanes of at least 4 members (excludes halogenated alkanes) is 1. The van der Waals surface area contributed by atoms with Gasteiger partial charge in [-0.2, -0.15) is 0 Å². The Hall–Kier alpha value is -2.08. The Kier molecular flexibility index (Phi) is 8.41. The maximum Gasteiger partial charge on any atom is 0.250 e. The van der Waals surface area contributed by atoms with E-state index in [2.05, 4.69) is 57.3 Å². The zero-order valence-corrected chi connectivity index (χ0v) is 17.1. The Labute approximate surface area is 163 Å². The third-order valence-electron chi connectivity index (χ3n) is 4.00. The third-order valence-corrected chi connectivity index (χ3v) is 4.53. The molecule has 0 aliphatic rings. The summed E-state index contributed by atoms with van der Waals surface area (Å²) >= 11 is 3.46. The second-order valence-electron chi connectivity index (χ2n) is 6.16. The van der Waals surface area contributed by atoms with Crippen molar-refractivity contribution in [3.8, 4) is 0 Å². The van der Waals surface area contributed by atoms with E-state index in [1.807, 2.05) is 19.3 Å². The monoisotopic (exact) mass is 418 g/mol. The number of hydrogen-bond donors (Lipinski definition) is 1. The van der Waals surface area contributed by atoms with E-state index < -0.39 is 0 Å². The van der Waals surface area contributed by atoms with Gasteiger partial charge in [-0.05, 0) is 43.5 Å². The molecule has 0 amide bonds. The molecular weight excluding hydrogens is 392 g/mol. The van der Waals surface area contributed by atoms with Crippen molar-refractivity contribution in [3.63, 3.8) is 0 Å². The van der Waals surface area contributed by atoms with E-state index in [9.17, 15) is 4.79 Å². The van der Waals surface area contributed by atoms with Crippen LogP contribution in [-0.4, -0.2) is 35.6 Å². The van der Waals surface area contributed by atoms with Gasteiger partial charge in [-0.3, -0.25) is 9.79 Å². The maximum absolute atomic E-state index is 11.7. The first kappa shape index (κ1) is 20.2. The van der Waals surface area contributed by atoms with Crippen LogP contribution in [0.25, 0.3) is 0 Å². The number of hydrogen-bond acceptors (Lipinski definition) is 2. The van der Waals surface area contributed by atoms with Gasteiger partial charge in [-0.25, -0.2) is 0 Å². The summed E-state index contributed by atoms with van der Waals surface area (Å²) in [5.74, 6) is 0.910. The Balaban J connectivity index is 1.84. The highest BCUT2D eigenvalue weighted by Crippen LogP contribution is 2.11. The summed E-state index contributed by atoms with van der Waals surface area (Å²) in [5.41, 5.74) is 1.29. The molecule has 140 valence electrons.